The number of carbonyl (C=O) groups excluding carboxylic acids is 1. The molecule has 1 saturated heterocycles. The van der Waals surface area contributed by atoms with Crippen molar-refractivity contribution in [3.05, 3.63) is 34.9 Å². The first-order chi connectivity index (χ1) is 10.5. The van der Waals surface area contributed by atoms with E-state index in [1.807, 2.05) is 0 Å². The first-order valence-corrected chi connectivity index (χ1v) is 7.10. The predicted octanol–water partition coefficient (Wildman–Crippen LogP) is 2.45. The van der Waals surface area contributed by atoms with Crippen molar-refractivity contribution < 1.29 is 13.7 Å². The Balaban J connectivity index is 1.81. The van der Waals surface area contributed by atoms with Crippen LogP contribution in [0.4, 0.5) is 16.0 Å². The maximum Gasteiger partial charge on any atom is 0.265 e. The molecule has 0 N–H and O–H groups in total. The van der Waals surface area contributed by atoms with Crippen LogP contribution >= 0.6 is 11.6 Å². The van der Waals surface area contributed by atoms with E-state index in [4.69, 9.17) is 16.1 Å². The van der Waals surface area contributed by atoms with Gasteiger partial charge in [0.15, 0.2) is 0 Å². The van der Waals surface area contributed by atoms with E-state index in [-0.39, 0.29) is 23.3 Å². The molecule has 2 aromatic rings. The molecule has 1 atom stereocenters. The molecule has 1 aromatic heterocycles. The molecule has 8 heteroatoms. The van der Waals surface area contributed by atoms with Gasteiger partial charge in [-0.1, -0.05) is 11.6 Å². The minimum atomic E-state index is -0.553. The van der Waals surface area contributed by atoms with Crippen LogP contribution in [0, 0.1) is 5.82 Å². The minimum absolute atomic E-state index is 0.0273. The largest absolute Gasteiger partial charge is 0.344 e. The molecule has 6 nitrogen and oxygen atoms in total. The van der Waals surface area contributed by atoms with Crippen LogP contribution in [0.1, 0.15) is 18.2 Å². The van der Waals surface area contributed by atoms with Crippen molar-refractivity contribution in [2.24, 2.45) is 0 Å². The zero-order valence-electron chi connectivity index (χ0n) is 12.1. The molecule has 0 aliphatic carbocycles. The van der Waals surface area contributed by atoms with Crippen LogP contribution < -0.4 is 9.80 Å². The van der Waals surface area contributed by atoms with Gasteiger partial charge in [0.05, 0.1) is 10.9 Å². The van der Waals surface area contributed by atoms with Crippen molar-refractivity contribution in [2.75, 3.05) is 30.4 Å². The predicted molar refractivity (Wildman–Crippen MR) is 79.7 cm³/mol. The Labute approximate surface area is 131 Å². The van der Waals surface area contributed by atoms with E-state index in [0.717, 1.165) is 0 Å². The highest BCUT2D eigenvalue weighted by molar-refractivity contribution is 6.30. The number of aromatic nitrogens is 2. The molecule has 22 heavy (non-hydrogen) atoms. The zero-order chi connectivity index (χ0) is 15.9. The minimum Gasteiger partial charge on any atom is -0.344 e. The Bertz CT molecular complexity index is 719. The number of hydrogen-bond acceptors (Lipinski definition) is 5. The number of nitrogens with zero attached hydrogens (tertiary/aromatic N) is 4. The van der Waals surface area contributed by atoms with Crippen molar-refractivity contribution in [1.29, 1.82) is 0 Å². The Morgan fingerprint density at radius 1 is 1.45 bits per heavy atom. The third kappa shape index (κ3) is 2.64. The molecule has 1 aliphatic rings. The molecular formula is C14H14ClFN4O2. The van der Waals surface area contributed by atoms with E-state index < -0.39 is 5.82 Å². The molecule has 0 bridgehead atoms. The van der Waals surface area contributed by atoms with Crippen LogP contribution in [0.15, 0.2) is 22.7 Å². The summed E-state index contributed by atoms with van der Waals surface area (Å²) in [5.74, 6) is -0.000660. The van der Waals surface area contributed by atoms with Crippen molar-refractivity contribution in [3.63, 3.8) is 0 Å². The number of benzene rings is 1. The van der Waals surface area contributed by atoms with Crippen LogP contribution in [-0.4, -0.2) is 36.7 Å². The maximum atomic E-state index is 13.6. The van der Waals surface area contributed by atoms with Crippen molar-refractivity contribution in [2.45, 2.75) is 12.3 Å². The lowest BCUT2D eigenvalue weighted by molar-refractivity contribution is -0.117. The third-order valence-corrected chi connectivity index (χ3v) is 3.83. The normalized spacial score (nSPS) is 18.1. The summed E-state index contributed by atoms with van der Waals surface area (Å²) in [7, 11) is 3.61. The molecule has 1 amide bonds. The van der Waals surface area contributed by atoms with Gasteiger partial charge in [0.2, 0.25) is 11.8 Å². The van der Waals surface area contributed by atoms with E-state index in [1.165, 1.54) is 17.0 Å². The second-order valence-corrected chi connectivity index (χ2v) is 5.74. The number of anilines is 2. The first-order valence-electron chi connectivity index (χ1n) is 6.72. The van der Waals surface area contributed by atoms with E-state index >= 15 is 0 Å². The lowest BCUT2D eigenvalue weighted by atomic mass is 10.1. The van der Waals surface area contributed by atoms with Gasteiger partial charge in [-0.05, 0) is 23.4 Å². The molecule has 0 unspecified atom stereocenters. The van der Waals surface area contributed by atoms with Gasteiger partial charge in [-0.25, -0.2) is 4.39 Å². The summed E-state index contributed by atoms with van der Waals surface area (Å²) in [5, 5.41) is 3.87. The number of rotatable bonds is 3. The monoisotopic (exact) mass is 324 g/mol. The summed E-state index contributed by atoms with van der Waals surface area (Å²) >= 11 is 5.66. The van der Waals surface area contributed by atoms with Crippen molar-refractivity contribution >= 4 is 29.1 Å². The number of amides is 1. The lowest BCUT2D eigenvalue weighted by Gasteiger charge is -2.16. The Morgan fingerprint density at radius 2 is 2.23 bits per heavy atom. The average Bonchev–Trinajstić information content (AvgIpc) is 3.08. The number of carbonyl (C=O) groups is 1. The maximum absolute atomic E-state index is 13.6. The van der Waals surface area contributed by atoms with Crippen molar-refractivity contribution in [3.8, 4) is 0 Å². The van der Waals surface area contributed by atoms with Crippen LogP contribution in [0.25, 0.3) is 0 Å². The Hall–Kier alpha value is -2.15. The molecular weight excluding hydrogens is 311 g/mol. The molecule has 2 heterocycles. The molecule has 3 rings (SSSR count). The second kappa shape index (κ2) is 5.57. The van der Waals surface area contributed by atoms with E-state index in [2.05, 4.69) is 10.1 Å². The summed E-state index contributed by atoms with van der Waals surface area (Å²) in [5.41, 5.74) is 0.474. The summed E-state index contributed by atoms with van der Waals surface area (Å²) in [6, 6.07) is 4.30. The third-order valence-electron chi connectivity index (χ3n) is 3.52. The van der Waals surface area contributed by atoms with Crippen molar-refractivity contribution in [1.82, 2.24) is 10.1 Å². The molecule has 0 radical (unpaired) electrons. The van der Waals surface area contributed by atoms with E-state index in [9.17, 15) is 9.18 Å². The second-order valence-electron chi connectivity index (χ2n) is 5.33. The van der Waals surface area contributed by atoms with E-state index in [0.29, 0.717) is 24.1 Å². The lowest BCUT2D eigenvalue weighted by Crippen LogP contribution is -2.24. The van der Waals surface area contributed by atoms with Gasteiger partial charge in [-0.3, -0.25) is 4.79 Å². The van der Waals surface area contributed by atoms with Gasteiger partial charge >= 0.3 is 0 Å². The Morgan fingerprint density at radius 3 is 2.86 bits per heavy atom. The average molecular weight is 325 g/mol. The molecule has 116 valence electrons. The summed E-state index contributed by atoms with van der Waals surface area (Å²) in [6.45, 7) is 0.370. The molecule has 0 saturated carbocycles. The highest BCUT2D eigenvalue weighted by Gasteiger charge is 2.35. The Kier molecular flexibility index (Phi) is 3.74. The van der Waals surface area contributed by atoms with Gasteiger partial charge in [-0.2, -0.15) is 4.98 Å². The first kappa shape index (κ1) is 14.8. The fourth-order valence-corrected chi connectivity index (χ4v) is 2.47. The molecule has 1 fully saturated rings. The molecule has 0 spiro atoms. The fourth-order valence-electron chi connectivity index (χ4n) is 2.35. The fraction of sp³-hybridized carbons (Fsp3) is 0.357. The van der Waals surface area contributed by atoms with Crippen LogP contribution in [0.5, 0.6) is 0 Å². The SMILES string of the molecule is CN(C)c1noc([C@H]2CC(=O)N(c3ccc(Cl)c(F)c3)C2)n1. The summed E-state index contributed by atoms with van der Waals surface area (Å²) < 4.78 is 18.8. The van der Waals surface area contributed by atoms with Gasteiger partial charge in [-0.15, -0.1) is 0 Å². The van der Waals surface area contributed by atoms with Crippen LogP contribution in [-0.2, 0) is 4.79 Å². The van der Waals surface area contributed by atoms with Crippen LogP contribution in [0.3, 0.4) is 0 Å². The zero-order valence-corrected chi connectivity index (χ0v) is 12.8. The topological polar surface area (TPSA) is 62.5 Å². The van der Waals surface area contributed by atoms with Crippen LogP contribution in [0.2, 0.25) is 5.02 Å². The summed E-state index contributed by atoms with van der Waals surface area (Å²) in [6.07, 6.45) is 0.249. The van der Waals surface area contributed by atoms with Gasteiger partial charge in [0.25, 0.3) is 5.95 Å². The summed E-state index contributed by atoms with van der Waals surface area (Å²) in [4.78, 5) is 19.6. The smallest absolute Gasteiger partial charge is 0.265 e. The standard InChI is InChI=1S/C14H14ClFN4O2/c1-19(2)14-17-13(22-18-14)8-5-12(21)20(7-8)9-3-4-10(15)11(16)6-9/h3-4,6,8H,5,7H2,1-2H3/t8-/m0/s1. The van der Waals surface area contributed by atoms with Gasteiger partial charge in [0.1, 0.15) is 5.82 Å². The van der Waals surface area contributed by atoms with Gasteiger partial charge in [0, 0.05) is 32.7 Å². The highest BCUT2D eigenvalue weighted by Crippen LogP contribution is 2.32. The van der Waals surface area contributed by atoms with Gasteiger partial charge < -0.3 is 14.3 Å². The molecule has 1 aliphatic heterocycles. The molecule has 1 aromatic carbocycles. The van der Waals surface area contributed by atoms with E-state index in [1.54, 1.807) is 25.1 Å². The quantitative estimate of drug-likeness (QED) is 0.868. The number of hydrogen-bond donors (Lipinski definition) is 0. The number of halogens is 2. The highest BCUT2D eigenvalue weighted by atomic mass is 35.5.